The van der Waals surface area contributed by atoms with Crippen molar-refractivity contribution in [3.8, 4) is 0 Å². The highest BCUT2D eigenvalue weighted by molar-refractivity contribution is 7.84. The van der Waals surface area contributed by atoms with Gasteiger partial charge in [0, 0.05) is 35.0 Å². The van der Waals surface area contributed by atoms with Crippen LogP contribution in [-0.2, 0) is 17.3 Å². The Kier molecular flexibility index (Phi) is 6.55. The second-order valence-electron chi connectivity index (χ2n) is 5.98. The predicted molar refractivity (Wildman–Crippen MR) is 98.6 cm³/mol. The van der Waals surface area contributed by atoms with Gasteiger partial charge in [-0.2, -0.15) is 0 Å². The van der Waals surface area contributed by atoms with Gasteiger partial charge >= 0.3 is 6.03 Å². The van der Waals surface area contributed by atoms with E-state index in [1.165, 1.54) is 11.1 Å². The summed E-state index contributed by atoms with van der Waals surface area (Å²) in [6.07, 6.45) is 1.65. The molecule has 0 aliphatic carbocycles. The minimum Gasteiger partial charge on any atom is -0.338 e. The molecule has 2 amide bonds. The summed E-state index contributed by atoms with van der Waals surface area (Å²) in [5.41, 5.74) is 3.42. The van der Waals surface area contributed by atoms with Crippen molar-refractivity contribution in [2.75, 3.05) is 12.8 Å². The minimum absolute atomic E-state index is 0.183. The molecule has 2 aromatic carbocycles. The number of carbonyl (C=O) groups is 1. The molecule has 4 nitrogen and oxygen atoms in total. The Morgan fingerprint density at radius 3 is 2.46 bits per heavy atom. The van der Waals surface area contributed by atoms with Gasteiger partial charge in [-0.1, -0.05) is 48.9 Å². The number of amides is 2. The minimum atomic E-state index is -0.978. The number of carbonyl (C=O) groups excluding carboxylic acids is 1. The van der Waals surface area contributed by atoms with Gasteiger partial charge in [-0.15, -0.1) is 0 Å². The van der Waals surface area contributed by atoms with Crippen LogP contribution in [0.5, 0.6) is 0 Å². The molecule has 2 N–H and O–H groups in total. The third-order valence-electron chi connectivity index (χ3n) is 3.89. The third kappa shape index (κ3) is 5.49. The molecule has 0 saturated carbocycles. The summed E-state index contributed by atoms with van der Waals surface area (Å²) >= 11 is 0. The van der Waals surface area contributed by atoms with Gasteiger partial charge in [-0.3, -0.25) is 4.21 Å². The molecule has 2 atom stereocenters. The lowest BCUT2D eigenvalue weighted by atomic mass is 9.99. The summed E-state index contributed by atoms with van der Waals surface area (Å²) in [5.74, 6) is 0.259. The molecule has 2 rings (SSSR count). The summed E-state index contributed by atoms with van der Waals surface area (Å²) in [5, 5.41) is 5.74. The second-order valence-corrected chi connectivity index (χ2v) is 7.36. The highest BCUT2D eigenvalue weighted by Gasteiger charge is 2.08. The molecule has 2 aromatic rings. The summed E-state index contributed by atoms with van der Waals surface area (Å²) < 4.78 is 11.3. The monoisotopic (exact) mass is 344 g/mol. The molecule has 0 bridgehead atoms. The SMILES string of the molecule is Cc1cccc([C@H](C)CNC(=O)NCc2ccc([S@](C)=O)cc2)c1. The number of aryl methyl sites for hydroxylation is 1. The average molecular weight is 344 g/mol. The lowest BCUT2D eigenvalue weighted by Crippen LogP contribution is -2.37. The molecule has 0 heterocycles. The summed E-state index contributed by atoms with van der Waals surface area (Å²) in [6, 6.07) is 15.6. The number of benzene rings is 2. The zero-order chi connectivity index (χ0) is 17.5. The number of urea groups is 1. The zero-order valence-electron chi connectivity index (χ0n) is 14.3. The maximum atomic E-state index is 11.9. The van der Waals surface area contributed by atoms with E-state index < -0.39 is 10.8 Å². The molecule has 5 heteroatoms. The lowest BCUT2D eigenvalue weighted by molar-refractivity contribution is 0.240. The molecule has 0 radical (unpaired) electrons. The van der Waals surface area contributed by atoms with E-state index in [2.05, 4.69) is 42.7 Å². The van der Waals surface area contributed by atoms with Crippen LogP contribution in [-0.4, -0.2) is 23.0 Å². The number of hydrogen-bond donors (Lipinski definition) is 2. The highest BCUT2D eigenvalue weighted by atomic mass is 32.2. The van der Waals surface area contributed by atoms with Gasteiger partial charge in [0.05, 0.1) is 0 Å². The van der Waals surface area contributed by atoms with Gasteiger partial charge in [0.15, 0.2) is 0 Å². The van der Waals surface area contributed by atoms with E-state index in [0.717, 1.165) is 10.5 Å². The van der Waals surface area contributed by atoms with E-state index in [0.29, 0.717) is 13.1 Å². The largest absolute Gasteiger partial charge is 0.338 e. The molecule has 0 spiro atoms. The smallest absolute Gasteiger partial charge is 0.315 e. The maximum Gasteiger partial charge on any atom is 0.315 e. The highest BCUT2D eigenvalue weighted by Crippen LogP contribution is 2.15. The molecular formula is C19H24N2O2S. The van der Waals surface area contributed by atoms with E-state index in [4.69, 9.17) is 0 Å². The first kappa shape index (κ1) is 18.2. The molecule has 24 heavy (non-hydrogen) atoms. The Morgan fingerprint density at radius 1 is 1.12 bits per heavy atom. The molecule has 0 aliphatic rings. The van der Waals surface area contributed by atoms with Crippen molar-refractivity contribution in [1.29, 1.82) is 0 Å². The molecular weight excluding hydrogens is 320 g/mol. The normalized spacial score (nSPS) is 13.1. The van der Waals surface area contributed by atoms with Crippen molar-refractivity contribution in [1.82, 2.24) is 10.6 Å². The summed E-state index contributed by atoms with van der Waals surface area (Å²) in [7, 11) is -0.978. The van der Waals surface area contributed by atoms with Gasteiger partial charge in [-0.05, 0) is 36.1 Å². The average Bonchev–Trinajstić information content (AvgIpc) is 2.58. The van der Waals surface area contributed by atoms with Crippen molar-refractivity contribution in [3.63, 3.8) is 0 Å². The predicted octanol–water partition coefficient (Wildman–Crippen LogP) is 3.34. The zero-order valence-corrected chi connectivity index (χ0v) is 15.2. The van der Waals surface area contributed by atoms with Crippen LogP contribution in [0.4, 0.5) is 4.79 Å². The van der Waals surface area contributed by atoms with Gasteiger partial charge in [-0.25, -0.2) is 4.79 Å². The Morgan fingerprint density at radius 2 is 1.83 bits per heavy atom. The fourth-order valence-corrected chi connectivity index (χ4v) is 2.90. The maximum absolute atomic E-state index is 11.9. The van der Waals surface area contributed by atoms with Crippen LogP contribution in [0.25, 0.3) is 0 Å². The van der Waals surface area contributed by atoms with Crippen LogP contribution in [0, 0.1) is 6.92 Å². The first-order valence-corrected chi connectivity index (χ1v) is 9.52. The molecule has 128 valence electrons. The van der Waals surface area contributed by atoms with Crippen LogP contribution < -0.4 is 10.6 Å². The Balaban J connectivity index is 1.78. The molecule has 0 unspecified atom stereocenters. The number of nitrogens with one attached hydrogen (secondary N) is 2. The number of hydrogen-bond acceptors (Lipinski definition) is 2. The number of rotatable bonds is 6. The van der Waals surface area contributed by atoms with E-state index in [1.54, 1.807) is 6.26 Å². The molecule has 0 fully saturated rings. The Hall–Kier alpha value is -2.14. The van der Waals surface area contributed by atoms with Crippen molar-refractivity contribution in [2.45, 2.75) is 31.2 Å². The van der Waals surface area contributed by atoms with Gasteiger partial charge in [0.25, 0.3) is 0 Å². The fourth-order valence-electron chi connectivity index (χ4n) is 2.38. The quantitative estimate of drug-likeness (QED) is 0.844. The topological polar surface area (TPSA) is 58.2 Å². The summed E-state index contributed by atoms with van der Waals surface area (Å²) in [4.78, 5) is 12.7. The second kappa shape index (κ2) is 8.64. The molecule has 0 saturated heterocycles. The Bertz CT molecular complexity index is 714. The van der Waals surface area contributed by atoms with Gasteiger partial charge in [0.2, 0.25) is 0 Å². The van der Waals surface area contributed by atoms with Gasteiger partial charge in [0.1, 0.15) is 0 Å². The van der Waals surface area contributed by atoms with Crippen molar-refractivity contribution >= 4 is 16.8 Å². The van der Waals surface area contributed by atoms with Crippen LogP contribution in [0.15, 0.2) is 53.4 Å². The van der Waals surface area contributed by atoms with Crippen LogP contribution in [0.2, 0.25) is 0 Å². The first-order valence-electron chi connectivity index (χ1n) is 7.96. The van der Waals surface area contributed by atoms with Gasteiger partial charge < -0.3 is 10.6 Å². The third-order valence-corrected chi connectivity index (χ3v) is 4.82. The Labute approximate surface area is 146 Å². The van der Waals surface area contributed by atoms with E-state index in [-0.39, 0.29) is 11.9 Å². The fraction of sp³-hybridized carbons (Fsp3) is 0.316. The van der Waals surface area contributed by atoms with Crippen LogP contribution in [0.3, 0.4) is 0 Å². The van der Waals surface area contributed by atoms with Crippen molar-refractivity contribution < 1.29 is 9.00 Å². The molecule has 0 aliphatic heterocycles. The molecule has 0 aromatic heterocycles. The van der Waals surface area contributed by atoms with E-state index in [9.17, 15) is 9.00 Å². The van der Waals surface area contributed by atoms with E-state index in [1.807, 2.05) is 30.3 Å². The lowest BCUT2D eigenvalue weighted by Gasteiger charge is -2.14. The summed E-state index contributed by atoms with van der Waals surface area (Å²) in [6.45, 7) is 5.19. The van der Waals surface area contributed by atoms with Crippen molar-refractivity contribution in [2.24, 2.45) is 0 Å². The standard InChI is InChI=1S/C19H24N2O2S/c1-14-5-4-6-17(11-14)15(2)12-20-19(22)21-13-16-7-9-18(10-8-16)24(3)23/h4-11,15H,12-13H2,1-3H3,(H2,20,21,22)/t15-,24+/m1/s1. The van der Waals surface area contributed by atoms with Crippen LogP contribution >= 0.6 is 0 Å². The van der Waals surface area contributed by atoms with E-state index >= 15 is 0 Å². The first-order chi connectivity index (χ1) is 11.5. The van der Waals surface area contributed by atoms with Crippen LogP contribution in [0.1, 0.15) is 29.5 Å². The van der Waals surface area contributed by atoms with Crippen molar-refractivity contribution in [3.05, 3.63) is 65.2 Å².